The zero-order valence-corrected chi connectivity index (χ0v) is 25.3. The van der Waals surface area contributed by atoms with Crippen LogP contribution in [-0.4, -0.2) is 5.43 Å². The Balaban J connectivity index is 0.000000494. The topological polar surface area (TPSA) is 0 Å². The second-order valence-electron chi connectivity index (χ2n) is 9.13. The Morgan fingerprint density at radius 1 is 0.906 bits per heavy atom. The molecule has 4 heteroatoms. The molecule has 0 bridgehead atoms. The first-order valence-electron chi connectivity index (χ1n) is 11.1. The molecule has 1 aliphatic carbocycles. The van der Waals surface area contributed by atoms with Crippen molar-refractivity contribution in [1.82, 2.24) is 0 Å². The average molecular weight is 563 g/mol. The van der Waals surface area contributed by atoms with Crippen LogP contribution in [0, 0.1) is 31.7 Å². The van der Waals surface area contributed by atoms with E-state index in [9.17, 15) is 0 Å². The molecule has 3 aromatic carbocycles. The summed E-state index contributed by atoms with van der Waals surface area (Å²) in [6, 6.07) is 27.6. The molecule has 0 fully saturated rings. The maximum absolute atomic E-state index is 3.45. The summed E-state index contributed by atoms with van der Waals surface area (Å²) in [6.07, 6.45) is 1.05. The van der Waals surface area contributed by atoms with E-state index in [1.807, 2.05) is 53.7 Å². The fourth-order valence-corrected chi connectivity index (χ4v) is 11.9. The summed E-state index contributed by atoms with van der Waals surface area (Å²) in [4.78, 5) is 0. The first-order chi connectivity index (χ1) is 14.3. The van der Waals surface area contributed by atoms with Crippen LogP contribution >= 0.6 is 0 Å². The SMILES string of the molecule is CC(C)C[Si](=[Zr+2])CC(C)C.Cc1[c-]c2c(cc1)-c1ccc(C)cc1C2.[Cl-].[Cl-].c1cc[cH-]c1. The first-order valence-corrected chi connectivity index (χ1v) is 16.7. The van der Waals surface area contributed by atoms with Crippen molar-refractivity contribution in [1.29, 1.82) is 0 Å². The van der Waals surface area contributed by atoms with E-state index in [0.29, 0.717) is 0 Å². The predicted molar refractivity (Wildman–Crippen MR) is 130 cm³/mol. The first kappa shape index (κ1) is 31.5. The van der Waals surface area contributed by atoms with Gasteiger partial charge in [-0.25, -0.2) is 12.1 Å². The number of hydrogen-bond donors (Lipinski definition) is 0. The van der Waals surface area contributed by atoms with Crippen molar-refractivity contribution in [3.05, 3.63) is 89.0 Å². The van der Waals surface area contributed by atoms with Crippen LogP contribution in [0.25, 0.3) is 11.1 Å². The molecule has 4 rings (SSSR count). The Morgan fingerprint density at radius 2 is 1.47 bits per heavy atom. The summed E-state index contributed by atoms with van der Waals surface area (Å²) in [5.41, 5.74) is 8.26. The summed E-state index contributed by atoms with van der Waals surface area (Å²) in [6.45, 7) is 13.6. The Morgan fingerprint density at radius 3 is 1.97 bits per heavy atom. The van der Waals surface area contributed by atoms with Crippen LogP contribution in [0.4, 0.5) is 0 Å². The van der Waals surface area contributed by atoms with Crippen molar-refractivity contribution in [2.75, 3.05) is 0 Å². The molecule has 1 aliphatic rings. The van der Waals surface area contributed by atoms with Crippen molar-refractivity contribution in [3.8, 4) is 11.1 Å². The summed E-state index contributed by atoms with van der Waals surface area (Å²) in [7, 11) is 0. The molecule has 0 saturated heterocycles. The van der Waals surface area contributed by atoms with E-state index >= 15 is 0 Å². The van der Waals surface area contributed by atoms with E-state index in [2.05, 4.69) is 77.9 Å². The Hall–Kier alpha value is -0.530. The molecule has 0 aliphatic heterocycles. The maximum Gasteiger partial charge on any atom is -0.0253 e. The minimum absolute atomic E-state index is 0. The zero-order chi connectivity index (χ0) is 22.1. The number of hydrogen-bond acceptors (Lipinski definition) is 0. The second-order valence-corrected chi connectivity index (χ2v) is 16.4. The van der Waals surface area contributed by atoms with Gasteiger partial charge in [-0.05, 0) is 18.9 Å². The third-order valence-electron chi connectivity index (χ3n) is 4.96. The van der Waals surface area contributed by atoms with Gasteiger partial charge < -0.3 is 24.8 Å². The van der Waals surface area contributed by atoms with Gasteiger partial charge in [-0.2, -0.15) is 42.0 Å². The molecule has 0 heterocycles. The third-order valence-corrected chi connectivity index (χ3v) is 10.6. The summed E-state index contributed by atoms with van der Waals surface area (Å²) >= 11 is 1.83. The van der Waals surface area contributed by atoms with E-state index in [0.717, 1.165) is 18.3 Å². The van der Waals surface area contributed by atoms with Gasteiger partial charge in [0.15, 0.2) is 0 Å². The molecule has 32 heavy (non-hydrogen) atoms. The van der Waals surface area contributed by atoms with Gasteiger partial charge in [0.2, 0.25) is 0 Å². The molecule has 0 spiro atoms. The standard InChI is InChI=1S/C15H13.C8H18Si.C5H5.2ClH.Zr/c1-10-3-5-14-12(7-10)9-13-8-11(2)4-6-15(13)14;1-7(2)5-9-6-8(3)4;1-2-4-5-3-1;;;/h3-7H,9H2,1-2H3;7-8H,5-6H2,1-4H3;1-5H;2*1H;/q-1;;-1;;;+2/p-2. The van der Waals surface area contributed by atoms with Crippen molar-refractivity contribution >= 4 is 5.43 Å². The van der Waals surface area contributed by atoms with Gasteiger partial charge in [-0.15, -0.1) is 11.1 Å². The summed E-state index contributed by atoms with van der Waals surface area (Å²) in [5, 5.41) is 0. The molecule has 0 unspecified atom stereocenters. The number of rotatable bonds is 4. The number of benzene rings is 2. The second kappa shape index (κ2) is 16.2. The average Bonchev–Trinajstić information content (AvgIpc) is 3.31. The van der Waals surface area contributed by atoms with E-state index in [1.54, 1.807) is 0 Å². The third kappa shape index (κ3) is 11.1. The van der Waals surface area contributed by atoms with Crippen LogP contribution in [0.3, 0.4) is 0 Å². The molecular formula is C28H36Cl2SiZr-2. The van der Waals surface area contributed by atoms with E-state index in [-0.39, 0.29) is 30.2 Å². The van der Waals surface area contributed by atoms with Gasteiger partial charge in [-0.3, -0.25) is 0 Å². The molecular weight excluding hydrogens is 527 g/mol. The minimum atomic E-state index is 0. The van der Waals surface area contributed by atoms with Crippen LogP contribution in [0.2, 0.25) is 12.1 Å². The normalized spacial score (nSPS) is 10.6. The molecule has 0 aromatic heterocycles. The minimum Gasteiger partial charge on any atom is -1.00 e. The molecule has 0 saturated carbocycles. The van der Waals surface area contributed by atoms with E-state index in [1.165, 1.54) is 45.5 Å². The molecule has 3 aromatic rings. The van der Waals surface area contributed by atoms with Gasteiger partial charge in [0.25, 0.3) is 0 Å². The maximum atomic E-state index is 3.45. The van der Waals surface area contributed by atoms with Gasteiger partial charge >= 0.3 is 80.4 Å². The zero-order valence-electron chi connectivity index (χ0n) is 20.3. The monoisotopic (exact) mass is 560 g/mol. The van der Waals surface area contributed by atoms with Crippen LogP contribution in [0.1, 0.15) is 49.9 Å². The van der Waals surface area contributed by atoms with Crippen LogP contribution in [-0.2, 0) is 29.8 Å². The van der Waals surface area contributed by atoms with Gasteiger partial charge in [-0.1, -0.05) is 36.2 Å². The molecule has 172 valence electrons. The Labute approximate surface area is 224 Å². The number of aryl methyl sites for hydroxylation is 2. The van der Waals surface area contributed by atoms with E-state index < -0.39 is 0 Å². The summed E-state index contributed by atoms with van der Waals surface area (Å²) in [5.74, 6) is 1.87. The van der Waals surface area contributed by atoms with Crippen molar-refractivity contribution < 1.29 is 48.1 Å². The van der Waals surface area contributed by atoms with Crippen molar-refractivity contribution in [2.45, 2.75) is 60.1 Å². The molecule has 0 N–H and O–H groups in total. The van der Waals surface area contributed by atoms with Crippen LogP contribution in [0.15, 0.2) is 60.7 Å². The van der Waals surface area contributed by atoms with Gasteiger partial charge in [0, 0.05) is 0 Å². The fraction of sp³-hybridized carbons (Fsp3) is 0.393. The molecule has 0 nitrogen and oxygen atoms in total. The Bertz CT molecular complexity index is 852. The number of halogens is 2. The van der Waals surface area contributed by atoms with E-state index in [4.69, 9.17) is 0 Å². The van der Waals surface area contributed by atoms with Crippen molar-refractivity contribution in [3.63, 3.8) is 0 Å². The van der Waals surface area contributed by atoms with Crippen LogP contribution < -0.4 is 24.8 Å². The quantitative estimate of drug-likeness (QED) is 0.264. The van der Waals surface area contributed by atoms with Crippen molar-refractivity contribution in [2.24, 2.45) is 11.8 Å². The molecule has 0 atom stereocenters. The molecule has 0 amide bonds. The van der Waals surface area contributed by atoms with Gasteiger partial charge in [0.1, 0.15) is 0 Å². The predicted octanol–water partition coefficient (Wildman–Crippen LogP) is 1.93. The Kier molecular flexibility index (Phi) is 15.9. The number of fused-ring (bicyclic) bond motifs is 3. The van der Waals surface area contributed by atoms with Gasteiger partial charge in [0.05, 0.1) is 0 Å². The van der Waals surface area contributed by atoms with Crippen LogP contribution in [0.5, 0.6) is 0 Å². The largest absolute Gasteiger partial charge is 1.00 e. The smallest absolute Gasteiger partial charge is 0.0253 e. The molecule has 0 radical (unpaired) electrons. The summed E-state index contributed by atoms with van der Waals surface area (Å²) < 4.78 is 0. The fourth-order valence-electron chi connectivity index (χ4n) is 3.76.